The summed E-state index contributed by atoms with van der Waals surface area (Å²) in [6, 6.07) is 9.74. The van der Waals surface area contributed by atoms with E-state index in [-0.39, 0.29) is 0 Å². The number of aldehydes is 1. The minimum atomic E-state index is 0.347. The Morgan fingerprint density at radius 3 is 2.57 bits per heavy atom. The molecular formula is C19H18N2O2. The van der Waals surface area contributed by atoms with Crippen molar-refractivity contribution in [2.45, 2.75) is 13.8 Å². The molecule has 1 aromatic heterocycles. The van der Waals surface area contributed by atoms with Gasteiger partial charge < -0.3 is 4.74 Å². The zero-order valence-corrected chi connectivity index (χ0v) is 13.5. The minimum absolute atomic E-state index is 0.347. The fraction of sp³-hybridized carbons (Fsp3) is 0.211. The average Bonchev–Trinajstić information content (AvgIpc) is 3.00. The number of rotatable bonds is 4. The van der Waals surface area contributed by atoms with Crippen molar-refractivity contribution in [1.82, 2.24) is 4.98 Å². The van der Waals surface area contributed by atoms with Crippen molar-refractivity contribution in [3.63, 3.8) is 0 Å². The van der Waals surface area contributed by atoms with E-state index < -0.39 is 0 Å². The zero-order chi connectivity index (χ0) is 16.4. The molecule has 0 N–H and O–H groups in total. The quantitative estimate of drug-likeness (QED) is 0.809. The van der Waals surface area contributed by atoms with Crippen LogP contribution in [0.15, 0.2) is 41.4 Å². The summed E-state index contributed by atoms with van der Waals surface area (Å²) in [6.07, 6.45) is 2.90. The van der Waals surface area contributed by atoms with Crippen LogP contribution in [0.3, 0.4) is 0 Å². The Balaban J connectivity index is 2.11. The third-order valence-electron chi connectivity index (χ3n) is 4.12. The van der Waals surface area contributed by atoms with E-state index in [4.69, 9.17) is 4.74 Å². The Hall–Kier alpha value is -2.75. The number of carbonyl (C=O) groups is 1. The summed E-state index contributed by atoms with van der Waals surface area (Å²) in [4.78, 5) is 19.9. The van der Waals surface area contributed by atoms with Crippen LogP contribution < -0.4 is 4.74 Å². The van der Waals surface area contributed by atoms with E-state index in [0.29, 0.717) is 11.4 Å². The van der Waals surface area contributed by atoms with Gasteiger partial charge >= 0.3 is 0 Å². The molecule has 3 rings (SSSR count). The molecule has 1 aromatic carbocycles. The van der Waals surface area contributed by atoms with Crippen LogP contribution in [0.4, 0.5) is 0 Å². The summed E-state index contributed by atoms with van der Waals surface area (Å²) in [5.74, 6) is 0.347. The Labute approximate surface area is 135 Å². The monoisotopic (exact) mass is 306 g/mol. The number of pyridine rings is 1. The van der Waals surface area contributed by atoms with Crippen molar-refractivity contribution >= 4 is 17.6 Å². The second kappa shape index (κ2) is 6.16. The van der Waals surface area contributed by atoms with Crippen LogP contribution in [0.1, 0.15) is 28.4 Å². The molecule has 0 saturated heterocycles. The molecule has 0 spiro atoms. The number of hydrogen-bond acceptors (Lipinski definition) is 4. The molecule has 4 nitrogen and oxygen atoms in total. The molecule has 0 saturated carbocycles. The van der Waals surface area contributed by atoms with Gasteiger partial charge in [0.05, 0.1) is 24.9 Å². The van der Waals surface area contributed by atoms with Crippen LogP contribution in [-0.2, 0) is 0 Å². The van der Waals surface area contributed by atoms with Crippen LogP contribution >= 0.6 is 0 Å². The molecular weight excluding hydrogens is 288 g/mol. The van der Waals surface area contributed by atoms with Gasteiger partial charge in [-0.1, -0.05) is 24.3 Å². The number of nitrogens with zero attached hydrogens (tertiary/aromatic N) is 2. The maximum absolute atomic E-state index is 11.0. The third kappa shape index (κ3) is 2.68. The smallest absolute Gasteiger partial charge is 0.224 e. The summed E-state index contributed by atoms with van der Waals surface area (Å²) >= 11 is 0. The van der Waals surface area contributed by atoms with Gasteiger partial charge in [-0.3, -0.25) is 9.79 Å². The number of ether oxygens (including phenoxy) is 1. The molecule has 23 heavy (non-hydrogen) atoms. The molecule has 1 aliphatic heterocycles. The molecule has 2 aromatic rings. The normalized spacial score (nSPS) is 13.5. The summed E-state index contributed by atoms with van der Waals surface area (Å²) in [7, 11) is 1.52. The lowest BCUT2D eigenvalue weighted by Crippen LogP contribution is -2.00. The number of methoxy groups -OCH3 is 1. The maximum atomic E-state index is 11.0. The number of allylic oxidation sites excluding steroid dienone is 1. The molecule has 0 atom stereocenters. The number of aromatic nitrogens is 1. The number of benzene rings is 1. The molecule has 4 heteroatoms. The summed E-state index contributed by atoms with van der Waals surface area (Å²) in [5.41, 5.74) is 6.82. The highest BCUT2D eigenvalue weighted by molar-refractivity contribution is 6.24. The molecule has 0 fully saturated rings. The SMILES string of the molecule is COc1nc(-c2cccc(C3=CCN=C3C)c2C)ccc1C=O. The van der Waals surface area contributed by atoms with E-state index in [0.717, 1.165) is 35.4 Å². The van der Waals surface area contributed by atoms with Crippen molar-refractivity contribution in [3.05, 3.63) is 53.1 Å². The van der Waals surface area contributed by atoms with Gasteiger partial charge in [-0.15, -0.1) is 0 Å². The highest BCUT2D eigenvalue weighted by Crippen LogP contribution is 2.31. The van der Waals surface area contributed by atoms with Crippen LogP contribution in [0.5, 0.6) is 5.88 Å². The lowest BCUT2D eigenvalue weighted by Gasteiger charge is -2.13. The number of aliphatic imine (C=N–C) groups is 1. The molecule has 0 amide bonds. The van der Waals surface area contributed by atoms with Crippen molar-refractivity contribution < 1.29 is 9.53 Å². The number of hydrogen-bond donors (Lipinski definition) is 0. The van der Waals surface area contributed by atoms with Crippen LogP contribution in [0.2, 0.25) is 0 Å². The lowest BCUT2D eigenvalue weighted by atomic mass is 9.93. The Kier molecular flexibility index (Phi) is 4.06. The first-order chi connectivity index (χ1) is 11.2. The van der Waals surface area contributed by atoms with E-state index in [9.17, 15) is 4.79 Å². The van der Waals surface area contributed by atoms with Crippen LogP contribution in [0.25, 0.3) is 16.8 Å². The summed E-state index contributed by atoms with van der Waals surface area (Å²) < 4.78 is 5.21. The minimum Gasteiger partial charge on any atom is -0.480 e. The molecule has 1 aliphatic rings. The van der Waals surface area contributed by atoms with E-state index in [2.05, 4.69) is 29.0 Å². The summed E-state index contributed by atoms with van der Waals surface area (Å²) in [6.45, 7) is 4.86. The summed E-state index contributed by atoms with van der Waals surface area (Å²) in [5, 5.41) is 0. The van der Waals surface area contributed by atoms with Gasteiger partial charge in [-0.05, 0) is 37.1 Å². The zero-order valence-electron chi connectivity index (χ0n) is 13.5. The predicted octanol–water partition coefficient (Wildman–Crippen LogP) is 3.74. The molecule has 0 unspecified atom stereocenters. The topological polar surface area (TPSA) is 51.6 Å². The van der Waals surface area contributed by atoms with Gasteiger partial charge in [0.1, 0.15) is 0 Å². The second-order valence-corrected chi connectivity index (χ2v) is 5.43. The first-order valence-corrected chi connectivity index (χ1v) is 7.48. The fourth-order valence-electron chi connectivity index (χ4n) is 2.87. The third-order valence-corrected chi connectivity index (χ3v) is 4.12. The average molecular weight is 306 g/mol. The molecule has 0 bridgehead atoms. The highest BCUT2D eigenvalue weighted by Gasteiger charge is 2.16. The highest BCUT2D eigenvalue weighted by atomic mass is 16.5. The van der Waals surface area contributed by atoms with Crippen molar-refractivity contribution in [3.8, 4) is 17.1 Å². The predicted molar refractivity (Wildman–Crippen MR) is 92.3 cm³/mol. The maximum Gasteiger partial charge on any atom is 0.224 e. The van der Waals surface area contributed by atoms with Gasteiger partial charge in [-0.2, -0.15) is 0 Å². The molecule has 116 valence electrons. The van der Waals surface area contributed by atoms with Gasteiger partial charge in [0, 0.05) is 16.8 Å². The van der Waals surface area contributed by atoms with E-state index in [1.807, 2.05) is 25.1 Å². The largest absolute Gasteiger partial charge is 0.480 e. The van der Waals surface area contributed by atoms with Gasteiger partial charge in [-0.25, -0.2) is 4.98 Å². The van der Waals surface area contributed by atoms with Gasteiger partial charge in [0.2, 0.25) is 5.88 Å². The van der Waals surface area contributed by atoms with E-state index >= 15 is 0 Å². The molecule has 2 heterocycles. The van der Waals surface area contributed by atoms with Crippen molar-refractivity contribution in [2.75, 3.05) is 13.7 Å². The second-order valence-electron chi connectivity index (χ2n) is 5.43. The van der Waals surface area contributed by atoms with E-state index in [1.54, 1.807) is 6.07 Å². The number of carbonyl (C=O) groups excluding carboxylic acids is 1. The van der Waals surface area contributed by atoms with Crippen molar-refractivity contribution in [1.29, 1.82) is 0 Å². The molecule has 0 radical (unpaired) electrons. The first-order valence-electron chi connectivity index (χ1n) is 7.48. The van der Waals surface area contributed by atoms with E-state index in [1.165, 1.54) is 18.2 Å². The molecule has 0 aliphatic carbocycles. The van der Waals surface area contributed by atoms with Gasteiger partial charge in [0.15, 0.2) is 6.29 Å². The first kappa shape index (κ1) is 15.2. The van der Waals surface area contributed by atoms with Crippen LogP contribution in [-0.4, -0.2) is 30.6 Å². The standard InChI is InChI=1S/C19H18N2O2/c1-12-15(17-9-10-20-13(17)2)5-4-6-16(12)18-8-7-14(11-22)19(21-18)23-3/h4-9,11H,10H2,1-3H3. The van der Waals surface area contributed by atoms with Crippen LogP contribution in [0, 0.1) is 6.92 Å². The fourth-order valence-corrected chi connectivity index (χ4v) is 2.87. The van der Waals surface area contributed by atoms with Crippen molar-refractivity contribution in [2.24, 2.45) is 4.99 Å². The lowest BCUT2D eigenvalue weighted by molar-refractivity contribution is 0.112. The Morgan fingerprint density at radius 1 is 1.13 bits per heavy atom. The Morgan fingerprint density at radius 2 is 1.91 bits per heavy atom. The van der Waals surface area contributed by atoms with Gasteiger partial charge in [0.25, 0.3) is 0 Å². The Bertz CT molecular complexity index is 835.